The molecule has 2 heterocycles. The quantitative estimate of drug-likeness (QED) is 0.258. The summed E-state index contributed by atoms with van der Waals surface area (Å²) in [5, 5.41) is 0.558. The molecule has 0 aromatic heterocycles. The smallest absolute Gasteiger partial charge is 0.316 e. The monoisotopic (exact) mass is 506 g/mol. The summed E-state index contributed by atoms with van der Waals surface area (Å²) in [6.07, 6.45) is 3.27. The Morgan fingerprint density at radius 3 is 2.47 bits per heavy atom. The summed E-state index contributed by atoms with van der Waals surface area (Å²) >= 11 is 6.20. The van der Waals surface area contributed by atoms with E-state index in [1.165, 1.54) is 4.90 Å². The molecule has 1 aliphatic carbocycles. The first kappa shape index (κ1) is 24.3. The van der Waals surface area contributed by atoms with Crippen LogP contribution in [0.25, 0.3) is 0 Å². The van der Waals surface area contributed by atoms with Crippen LogP contribution < -0.4 is 14.5 Å². The van der Waals surface area contributed by atoms with E-state index in [4.69, 9.17) is 16.3 Å². The lowest BCUT2D eigenvalue weighted by atomic mass is 9.82. The second kappa shape index (κ2) is 9.21. The number of esters is 1. The predicted molar refractivity (Wildman–Crippen MR) is 136 cm³/mol. The average molecular weight is 507 g/mol. The highest BCUT2D eigenvalue weighted by Gasteiger charge is 2.49. The fraction of sp³-hybridized carbons (Fsp3) is 0.357. The van der Waals surface area contributed by atoms with E-state index < -0.39 is 11.9 Å². The number of aryl methyl sites for hydroxylation is 1. The first-order valence-electron chi connectivity index (χ1n) is 12.1. The second-order valence-electron chi connectivity index (χ2n) is 9.87. The standard InChI is InChI=1S/C28H27ClN2O5/c1-15-7-9-20-21(11-15)27(34)31(26(20)33)23-10-8-19(12-16(23)2)36-28(35)18-13-25(32)30(14-18)24-6-4-5-22(29)17(24)3/h4-8,10,12,18,20-21H,9,11,13-14H2,1-3H3/t18-,20+,21-/m1/s1. The Morgan fingerprint density at radius 1 is 0.972 bits per heavy atom. The molecule has 5 rings (SSSR count). The van der Waals surface area contributed by atoms with Crippen LogP contribution in [-0.4, -0.2) is 30.2 Å². The van der Waals surface area contributed by atoms with Crippen molar-refractivity contribution in [2.24, 2.45) is 17.8 Å². The summed E-state index contributed by atoms with van der Waals surface area (Å²) in [4.78, 5) is 54.5. The van der Waals surface area contributed by atoms with Crippen LogP contribution in [0.2, 0.25) is 5.02 Å². The van der Waals surface area contributed by atoms with Crippen molar-refractivity contribution in [2.45, 2.75) is 40.0 Å². The van der Waals surface area contributed by atoms with Crippen molar-refractivity contribution in [1.29, 1.82) is 0 Å². The largest absolute Gasteiger partial charge is 0.426 e. The molecule has 0 N–H and O–H groups in total. The maximum absolute atomic E-state index is 13.1. The van der Waals surface area contributed by atoms with Gasteiger partial charge in [0.1, 0.15) is 5.75 Å². The van der Waals surface area contributed by atoms with E-state index >= 15 is 0 Å². The minimum absolute atomic E-state index is 0.0505. The molecule has 0 radical (unpaired) electrons. The molecule has 3 amide bonds. The third-order valence-corrected chi connectivity index (χ3v) is 7.85. The summed E-state index contributed by atoms with van der Waals surface area (Å²) in [7, 11) is 0. The molecule has 0 spiro atoms. The summed E-state index contributed by atoms with van der Waals surface area (Å²) in [5.74, 6) is -1.95. The highest BCUT2D eigenvalue weighted by atomic mass is 35.5. The Morgan fingerprint density at radius 2 is 1.72 bits per heavy atom. The van der Waals surface area contributed by atoms with E-state index in [9.17, 15) is 19.2 Å². The van der Waals surface area contributed by atoms with Crippen molar-refractivity contribution >= 4 is 46.7 Å². The maximum Gasteiger partial charge on any atom is 0.316 e. The van der Waals surface area contributed by atoms with Gasteiger partial charge in [0.15, 0.2) is 0 Å². The first-order valence-corrected chi connectivity index (χ1v) is 12.4. The molecule has 3 aliphatic rings. The van der Waals surface area contributed by atoms with Crippen LogP contribution in [-0.2, 0) is 19.2 Å². The summed E-state index contributed by atoms with van der Waals surface area (Å²) < 4.78 is 5.61. The molecule has 186 valence electrons. The number of amides is 3. The average Bonchev–Trinajstić information content (AvgIpc) is 3.33. The number of rotatable bonds is 4. The molecule has 3 atom stereocenters. The normalized spacial score (nSPS) is 23.7. The van der Waals surface area contributed by atoms with Gasteiger partial charge in [-0.25, -0.2) is 4.90 Å². The van der Waals surface area contributed by atoms with E-state index in [0.717, 1.165) is 11.1 Å². The number of halogens is 1. The molecule has 0 bridgehead atoms. The molecular weight excluding hydrogens is 480 g/mol. The Hall–Kier alpha value is -3.45. The van der Waals surface area contributed by atoms with E-state index in [-0.39, 0.29) is 42.5 Å². The van der Waals surface area contributed by atoms with E-state index in [0.29, 0.717) is 40.6 Å². The highest BCUT2D eigenvalue weighted by molar-refractivity contribution is 6.31. The number of fused-ring (bicyclic) bond motifs is 1. The van der Waals surface area contributed by atoms with Gasteiger partial charge < -0.3 is 9.64 Å². The number of ether oxygens (including phenoxy) is 1. The molecule has 2 aliphatic heterocycles. The zero-order valence-corrected chi connectivity index (χ0v) is 21.2. The van der Waals surface area contributed by atoms with Crippen LogP contribution >= 0.6 is 11.6 Å². The molecule has 2 aromatic carbocycles. The summed E-state index contributed by atoms with van der Waals surface area (Å²) in [5.41, 5.74) is 3.77. The number of hydrogen-bond donors (Lipinski definition) is 0. The van der Waals surface area contributed by atoms with Crippen LogP contribution in [0.5, 0.6) is 5.75 Å². The number of carbonyl (C=O) groups excluding carboxylic acids is 4. The number of nitrogens with zero attached hydrogens (tertiary/aromatic N) is 2. The van der Waals surface area contributed by atoms with Gasteiger partial charge in [-0.05, 0) is 75.1 Å². The first-order chi connectivity index (χ1) is 17.2. The lowest BCUT2D eigenvalue weighted by Crippen LogP contribution is -2.31. The third-order valence-electron chi connectivity index (χ3n) is 7.44. The topological polar surface area (TPSA) is 84.0 Å². The fourth-order valence-electron chi connectivity index (χ4n) is 5.40. The number of imide groups is 1. The van der Waals surface area contributed by atoms with E-state index in [1.807, 2.05) is 26.0 Å². The zero-order valence-electron chi connectivity index (χ0n) is 20.4. The number of anilines is 2. The Labute approximate surface area is 214 Å². The molecule has 2 saturated heterocycles. The van der Waals surface area contributed by atoms with Gasteiger partial charge in [0.05, 0.1) is 23.4 Å². The zero-order chi connectivity index (χ0) is 25.7. The molecule has 36 heavy (non-hydrogen) atoms. The van der Waals surface area contributed by atoms with Gasteiger partial charge in [-0.3, -0.25) is 19.2 Å². The van der Waals surface area contributed by atoms with E-state index in [2.05, 4.69) is 0 Å². The predicted octanol–water partition coefficient (Wildman–Crippen LogP) is 4.76. The van der Waals surface area contributed by atoms with Crippen molar-refractivity contribution in [2.75, 3.05) is 16.3 Å². The van der Waals surface area contributed by atoms with Crippen molar-refractivity contribution in [1.82, 2.24) is 0 Å². The van der Waals surface area contributed by atoms with Gasteiger partial charge in [-0.15, -0.1) is 0 Å². The second-order valence-corrected chi connectivity index (χ2v) is 10.3. The molecule has 7 nitrogen and oxygen atoms in total. The molecule has 2 aromatic rings. The Bertz CT molecular complexity index is 1330. The van der Waals surface area contributed by atoms with Crippen LogP contribution in [0.3, 0.4) is 0 Å². The molecule has 0 unspecified atom stereocenters. The lowest BCUT2D eigenvalue weighted by Gasteiger charge is -2.20. The molecule has 8 heteroatoms. The van der Waals surface area contributed by atoms with Crippen molar-refractivity contribution in [3.05, 3.63) is 64.2 Å². The Balaban J connectivity index is 1.29. The number of benzene rings is 2. The highest BCUT2D eigenvalue weighted by Crippen LogP contribution is 2.41. The van der Waals surface area contributed by atoms with Crippen LogP contribution in [0.4, 0.5) is 11.4 Å². The van der Waals surface area contributed by atoms with Gasteiger partial charge in [0.25, 0.3) is 0 Å². The van der Waals surface area contributed by atoms with Gasteiger partial charge in [-0.1, -0.05) is 29.3 Å². The summed E-state index contributed by atoms with van der Waals surface area (Å²) in [6, 6.07) is 10.2. The van der Waals surface area contributed by atoms with Crippen LogP contribution in [0.15, 0.2) is 48.0 Å². The van der Waals surface area contributed by atoms with Crippen molar-refractivity contribution in [3.8, 4) is 5.75 Å². The Kier molecular flexibility index (Phi) is 6.20. The van der Waals surface area contributed by atoms with Gasteiger partial charge >= 0.3 is 5.97 Å². The molecular formula is C28H27ClN2O5. The maximum atomic E-state index is 13.1. The van der Waals surface area contributed by atoms with E-state index in [1.54, 1.807) is 42.2 Å². The van der Waals surface area contributed by atoms with Gasteiger partial charge in [0.2, 0.25) is 17.7 Å². The van der Waals surface area contributed by atoms with Gasteiger partial charge in [0, 0.05) is 23.7 Å². The van der Waals surface area contributed by atoms with Gasteiger partial charge in [-0.2, -0.15) is 0 Å². The molecule has 0 saturated carbocycles. The minimum Gasteiger partial charge on any atom is -0.426 e. The van der Waals surface area contributed by atoms with Crippen LogP contribution in [0.1, 0.15) is 37.3 Å². The minimum atomic E-state index is -0.614. The lowest BCUT2D eigenvalue weighted by molar-refractivity contribution is -0.139. The fourth-order valence-corrected chi connectivity index (χ4v) is 5.57. The number of hydrogen-bond acceptors (Lipinski definition) is 5. The molecule has 2 fully saturated rings. The third kappa shape index (κ3) is 4.11. The SMILES string of the molecule is CC1=CC[C@@H]2C(=O)N(c3ccc(OC(=O)[C@@H]4CC(=O)N(c5cccc(Cl)c5C)C4)cc3C)C(=O)[C@@H]2C1. The summed E-state index contributed by atoms with van der Waals surface area (Å²) in [6.45, 7) is 5.81. The van der Waals surface area contributed by atoms with Crippen molar-refractivity contribution < 1.29 is 23.9 Å². The number of allylic oxidation sites excluding steroid dienone is 2. The number of carbonyl (C=O) groups is 4. The van der Waals surface area contributed by atoms with Crippen LogP contribution in [0, 0.1) is 31.6 Å². The van der Waals surface area contributed by atoms with Crippen molar-refractivity contribution in [3.63, 3.8) is 0 Å².